The summed E-state index contributed by atoms with van der Waals surface area (Å²) >= 11 is 0. The van der Waals surface area contributed by atoms with Crippen molar-refractivity contribution in [2.75, 3.05) is 18.0 Å². The molecule has 1 unspecified atom stereocenters. The summed E-state index contributed by atoms with van der Waals surface area (Å²) in [5, 5.41) is 20.4. The number of rotatable bonds is 11. The SMILES string of the molecule is C=C(C)C(=O)OC(CC)c1ccc(-c2c3c(CC)c(CC)c(=N)cc-3oc3cc(N(CC)CC)ccc23)c(C(=O)O)c1.Cl. The zero-order valence-corrected chi connectivity index (χ0v) is 26.6. The molecule has 0 saturated carbocycles. The Morgan fingerprint density at radius 3 is 2.21 bits per heavy atom. The van der Waals surface area contributed by atoms with E-state index < -0.39 is 18.0 Å². The number of halogens is 1. The molecule has 0 spiro atoms. The maximum atomic E-state index is 12.8. The van der Waals surface area contributed by atoms with Gasteiger partial charge in [-0.05, 0) is 80.5 Å². The second-order valence-electron chi connectivity index (χ2n) is 10.5. The Kier molecular flexibility index (Phi) is 10.8. The number of nitrogens with one attached hydrogen (secondary N) is 1. The number of nitrogens with zero attached hydrogens (tertiary/aromatic N) is 1. The van der Waals surface area contributed by atoms with Gasteiger partial charge in [0.2, 0.25) is 0 Å². The summed E-state index contributed by atoms with van der Waals surface area (Å²) in [6.45, 7) is 17.1. The standard InChI is InChI=1S/C35H40N2O5.ClH/c1-8-23-24(9-2)33-31(19-28(23)36)41-30-18-22(37(11-4)12-5)14-16-26(30)32(33)25-15-13-21(17-27(25)34(38)39)29(10-3)42-35(40)20(6)7;/h13-19,29,36H,6,8-12H2,1-5,7H3,(H,38,39);1H. The van der Waals surface area contributed by atoms with Crippen LogP contribution >= 0.6 is 12.4 Å². The molecule has 1 aliphatic carbocycles. The number of fused-ring (bicyclic) bond motifs is 2. The largest absolute Gasteiger partial charge is 0.478 e. The van der Waals surface area contributed by atoms with E-state index in [9.17, 15) is 14.7 Å². The summed E-state index contributed by atoms with van der Waals surface area (Å²) in [4.78, 5) is 27.4. The van der Waals surface area contributed by atoms with E-state index in [4.69, 9.17) is 14.6 Å². The van der Waals surface area contributed by atoms with Crippen molar-refractivity contribution in [3.63, 3.8) is 0 Å². The molecule has 2 N–H and O–H groups in total. The van der Waals surface area contributed by atoms with Crippen molar-refractivity contribution in [2.24, 2.45) is 0 Å². The lowest BCUT2D eigenvalue weighted by Crippen LogP contribution is -2.21. The Morgan fingerprint density at radius 2 is 1.65 bits per heavy atom. The zero-order chi connectivity index (χ0) is 30.7. The molecule has 0 saturated heterocycles. The summed E-state index contributed by atoms with van der Waals surface area (Å²) in [5.41, 5.74) is 6.65. The van der Waals surface area contributed by atoms with Crippen molar-refractivity contribution in [2.45, 2.75) is 66.9 Å². The molecule has 0 radical (unpaired) electrons. The van der Waals surface area contributed by atoms with E-state index >= 15 is 0 Å². The summed E-state index contributed by atoms with van der Waals surface area (Å²) in [6, 6.07) is 13.0. The predicted octanol–water partition coefficient (Wildman–Crippen LogP) is 8.35. The number of carbonyl (C=O) groups is 2. The lowest BCUT2D eigenvalue weighted by atomic mass is 9.84. The molecule has 0 bridgehead atoms. The van der Waals surface area contributed by atoms with Crippen LogP contribution in [0.3, 0.4) is 0 Å². The fourth-order valence-electron chi connectivity index (χ4n) is 5.80. The van der Waals surface area contributed by atoms with E-state index in [0.717, 1.165) is 46.4 Å². The highest BCUT2D eigenvalue weighted by molar-refractivity contribution is 6.08. The van der Waals surface area contributed by atoms with Crippen molar-refractivity contribution >= 4 is 41.0 Å². The van der Waals surface area contributed by atoms with Gasteiger partial charge in [0.15, 0.2) is 0 Å². The number of hydrogen-bond acceptors (Lipinski definition) is 6. The van der Waals surface area contributed by atoms with Gasteiger partial charge in [-0.2, -0.15) is 0 Å². The normalized spacial score (nSPS) is 11.7. The molecule has 2 aliphatic rings. The maximum Gasteiger partial charge on any atom is 0.336 e. The van der Waals surface area contributed by atoms with Gasteiger partial charge in [-0.15, -0.1) is 12.4 Å². The molecule has 0 aromatic heterocycles. The lowest BCUT2D eigenvalue weighted by Gasteiger charge is -2.25. The van der Waals surface area contributed by atoms with Crippen molar-refractivity contribution in [3.05, 3.63) is 82.2 Å². The minimum atomic E-state index is -1.08. The number of anilines is 1. The molecular formula is C35H41ClN2O5. The van der Waals surface area contributed by atoms with Crippen LogP contribution in [0.1, 0.15) is 81.1 Å². The smallest absolute Gasteiger partial charge is 0.336 e. The molecule has 1 aliphatic heterocycles. The first-order chi connectivity index (χ1) is 20.1. The number of aromatic carboxylic acids is 1. The fourth-order valence-corrected chi connectivity index (χ4v) is 5.80. The molecule has 8 heteroatoms. The number of carboxylic acid groups (broad SMARTS) is 1. The molecule has 1 atom stereocenters. The van der Waals surface area contributed by atoms with Crippen molar-refractivity contribution < 1.29 is 23.8 Å². The van der Waals surface area contributed by atoms with Crippen LogP contribution in [0.15, 0.2) is 59.0 Å². The first-order valence-corrected chi connectivity index (χ1v) is 14.7. The lowest BCUT2D eigenvalue weighted by molar-refractivity contribution is -0.144. The van der Waals surface area contributed by atoms with Gasteiger partial charge in [-0.3, -0.25) is 0 Å². The Bertz CT molecular complexity index is 1700. The molecule has 2 aromatic carbocycles. The summed E-state index contributed by atoms with van der Waals surface area (Å²) in [5.74, 6) is -1.05. The number of esters is 1. The number of carboxylic acids is 1. The maximum absolute atomic E-state index is 12.8. The minimum absolute atomic E-state index is 0. The van der Waals surface area contributed by atoms with Gasteiger partial charge in [-0.1, -0.05) is 39.5 Å². The third-order valence-corrected chi connectivity index (χ3v) is 7.94. The van der Waals surface area contributed by atoms with Crippen LogP contribution in [-0.2, 0) is 22.4 Å². The van der Waals surface area contributed by atoms with Gasteiger partial charge in [0.1, 0.15) is 17.4 Å². The minimum Gasteiger partial charge on any atom is -0.478 e. The molecule has 0 amide bonds. The molecule has 2 aromatic rings. The molecule has 4 rings (SSSR count). The van der Waals surface area contributed by atoms with Crippen LogP contribution in [0, 0.1) is 5.41 Å². The van der Waals surface area contributed by atoms with E-state index in [1.165, 1.54) is 0 Å². The molecule has 7 nitrogen and oxygen atoms in total. The monoisotopic (exact) mass is 604 g/mol. The van der Waals surface area contributed by atoms with Gasteiger partial charge in [0.25, 0.3) is 0 Å². The number of hydrogen-bond donors (Lipinski definition) is 2. The molecule has 1 heterocycles. The Morgan fingerprint density at radius 1 is 0.977 bits per heavy atom. The van der Waals surface area contributed by atoms with Gasteiger partial charge < -0.3 is 24.6 Å². The molecule has 0 fully saturated rings. The second kappa shape index (κ2) is 13.9. The number of benzene rings is 3. The van der Waals surface area contributed by atoms with E-state index in [1.54, 1.807) is 19.1 Å². The van der Waals surface area contributed by atoms with E-state index in [1.807, 2.05) is 51.1 Å². The number of ether oxygens (including phenoxy) is 1. The second-order valence-corrected chi connectivity index (χ2v) is 10.5. The average molecular weight is 605 g/mol. The van der Waals surface area contributed by atoms with Crippen LogP contribution < -0.4 is 10.3 Å². The van der Waals surface area contributed by atoms with Gasteiger partial charge in [0, 0.05) is 53.0 Å². The highest BCUT2D eigenvalue weighted by atomic mass is 35.5. The van der Waals surface area contributed by atoms with Crippen LogP contribution in [0.25, 0.3) is 33.4 Å². The van der Waals surface area contributed by atoms with Crippen LogP contribution in [0.2, 0.25) is 0 Å². The van der Waals surface area contributed by atoms with Gasteiger partial charge >= 0.3 is 11.9 Å². The van der Waals surface area contributed by atoms with Crippen molar-refractivity contribution in [3.8, 4) is 22.5 Å². The molecule has 43 heavy (non-hydrogen) atoms. The van der Waals surface area contributed by atoms with Gasteiger partial charge in [0.05, 0.1) is 10.9 Å². The summed E-state index contributed by atoms with van der Waals surface area (Å²) < 4.78 is 12.1. The van der Waals surface area contributed by atoms with E-state index in [0.29, 0.717) is 47.1 Å². The Balaban J connectivity index is 0.00000506. The predicted molar refractivity (Wildman–Crippen MR) is 175 cm³/mol. The first kappa shape index (κ1) is 33.4. The quantitative estimate of drug-likeness (QED) is 0.101. The van der Waals surface area contributed by atoms with Crippen LogP contribution in [0.5, 0.6) is 0 Å². The van der Waals surface area contributed by atoms with Crippen molar-refractivity contribution in [1.82, 2.24) is 0 Å². The van der Waals surface area contributed by atoms with Crippen LogP contribution in [0.4, 0.5) is 5.69 Å². The zero-order valence-electron chi connectivity index (χ0n) is 25.8. The van der Waals surface area contributed by atoms with E-state index in [2.05, 4.69) is 25.3 Å². The van der Waals surface area contributed by atoms with E-state index in [-0.39, 0.29) is 23.5 Å². The summed E-state index contributed by atoms with van der Waals surface area (Å²) in [7, 11) is 0. The van der Waals surface area contributed by atoms with Crippen LogP contribution in [-0.4, -0.2) is 30.1 Å². The summed E-state index contributed by atoms with van der Waals surface area (Å²) in [6.07, 6.45) is 1.20. The molecule has 228 valence electrons. The third kappa shape index (κ3) is 6.32. The fraction of sp³-hybridized carbons (Fsp3) is 0.343. The highest BCUT2D eigenvalue weighted by Crippen LogP contribution is 2.45. The first-order valence-electron chi connectivity index (χ1n) is 14.7. The van der Waals surface area contributed by atoms with Crippen molar-refractivity contribution in [1.29, 1.82) is 5.41 Å². The molecular weight excluding hydrogens is 564 g/mol. The Labute approximate surface area is 259 Å². The number of carbonyl (C=O) groups excluding carboxylic acids is 1. The topological polar surface area (TPSA) is 104 Å². The average Bonchev–Trinajstić information content (AvgIpc) is 2.98. The Hall–Kier alpha value is -4.10. The highest BCUT2D eigenvalue weighted by Gasteiger charge is 2.27. The van der Waals surface area contributed by atoms with Gasteiger partial charge in [-0.25, -0.2) is 9.59 Å². The third-order valence-electron chi connectivity index (χ3n) is 7.94.